The van der Waals surface area contributed by atoms with Crippen molar-refractivity contribution in [1.82, 2.24) is 20.1 Å². The van der Waals surface area contributed by atoms with Crippen molar-refractivity contribution in [2.24, 2.45) is 13.0 Å². The minimum atomic E-state index is -0.363. The molecule has 1 aliphatic rings. The quantitative estimate of drug-likeness (QED) is 0.710. The van der Waals surface area contributed by atoms with E-state index in [1.807, 2.05) is 57.4 Å². The predicted molar refractivity (Wildman–Crippen MR) is 115 cm³/mol. The molecule has 2 aromatic heterocycles. The Labute approximate surface area is 175 Å². The summed E-state index contributed by atoms with van der Waals surface area (Å²) in [6.07, 6.45) is 5.60. The fourth-order valence-corrected chi connectivity index (χ4v) is 3.74. The molecule has 4 rings (SSSR count). The normalized spacial score (nSPS) is 16.2. The molecule has 0 bridgehead atoms. The molecule has 1 N–H and O–H groups in total. The molecular formula is C23H25N5O2. The van der Waals surface area contributed by atoms with Crippen LogP contribution in [0.15, 0.2) is 48.9 Å². The van der Waals surface area contributed by atoms with Gasteiger partial charge in [0.2, 0.25) is 11.8 Å². The zero-order chi connectivity index (χ0) is 21.3. The molecule has 154 valence electrons. The predicted octanol–water partition coefficient (Wildman–Crippen LogP) is 2.77. The summed E-state index contributed by atoms with van der Waals surface area (Å²) in [5.74, 6) is -0.496. The van der Waals surface area contributed by atoms with Gasteiger partial charge >= 0.3 is 0 Å². The minimum absolute atomic E-state index is 0.0178. The number of rotatable bonds is 5. The van der Waals surface area contributed by atoms with Crippen LogP contribution in [0.2, 0.25) is 0 Å². The van der Waals surface area contributed by atoms with Gasteiger partial charge in [0.05, 0.1) is 17.8 Å². The van der Waals surface area contributed by atoms with Crippen LogP contribution in [0.4, 0.5) is 5.69 Å². The third-order valence-electron chi connectivity index (χ3n) is 5.62. The number of hydrogen-bond donors (Lipinski definition) is 1. The molecule has 0 spiro atoms. The summed E-state index contributed by atoms with van der Waals surface area (Å²) in [4.78, 5) is 31.5. The molecular weight excluding hydrogens is 378 g/mol. The summed E-state index contributed by atoms with van der Waals surface area (Å²) in [6.45, 7) is 4.82. The molecule has 2 amide bonds. The maximum atomic E-state index is 12.8. The lowest BCUT2D eigenvalue weighted by atomic mass is 10.1. The van der Waals surface area contributed by atoms with Gasteiger partial charge in [0.1, 0.15) is 0 Å². The van der Waals surface area contributed by atoms with Crippen LogP contribution in [0.3, 0.4) is 0 Å². The second-order valence-electron chi connectivity index (χ2n) is 7.81. The molecule has 1 aromatic carbocycles. The number of aromatic nitrogens is 3. The lowest BCUT2D eigenvalue weighted by Gasteiger charge is -2.18. The minimum Gasteiger partial charge on any atom is -0.352 e. The van der Waals surface area contributed by atoms with Gasteiger partial charge in [0.15, 0.2) is 0 Å². The largest absolute Gasteiger partial charge is 0.352 e. The van der Waals surface area contributed by atoms with Crippen LogP contribution < -0.4 is 10.2 Å². The zero-order valence-electron chi connectivity index (χ0n) is 17.4. The van der Waals surface area contributed by atoms with Crippen LogP contribution in [0.1, 0.15) is 23.1 Å². The smallest absolute Gasteiger partial charge is 0.227 e. The molecule has 0 radical (unpaired) electrons. The Balaban J connectivity index is 1.43. The van der Waals surface area contributed by atoms with Gasteiger partial charge in [-0.3, -0.25) is 19.3 Å². The number of nitrogens with one attached hydrogen (secondary N) is 1. The number of benzene rings is 1. The zero-order valence-corrected chi connectivity index (χ0v) is 17.4. The van der Waals surface area contributed by atoms with E-state index in [0.29, 0.717) is 13.1 Å². The van der Waals surface area contributed by atoms with Crippen molar-refractivity contribution >= 4 is 17.5 Å². The first-order chi connectivity index (χ1) is 14.4. The number of anilines is 1. The maximum Gasteiger partial charge on any atom is 0.227 e. The molecule has 0 aliphatic carbocycles. The number of pyridine rings is 1. The van der Waals surface area contributed by atoms with Crippen LogP contribution in [0.25, 0.3) is 11.3 Å². The molecule has 0 unspecified atom stereocenters. The fraction of sp³-hybridized carbons (Fsp3) is 0.304. The summed E-state index contributed by atoms with van der Waals surface area (Å²) >= 11 is 0. The molecule has 7 heteroatoms. The van der Waals surface area contributed by atoms with E-state index in [1.165, 1.54) is 5.56 Å². The number of carbonyl (C=O) groups is 2. The van der Waals surface area contributed by atoms with E-state index in [-0.39, 0.29) is 24.2 Å². The van der Waals surface area contributed by atoms with Crippen LogP contribution in [0.5, 0.6) is 0 Å². The highest BCUT2D eigenvalue weighted by Gasteiger charge is 2.35. The standard InChI is InChI=1S/C23H25N5O2/c1-15-6-7-20(9-16(15)2)28-14-18(10-21(28)29)23(30)25-11-17-5-4-8-24-22(17)19-12-26-27(3)13-19/h4-9,12-13,18H,10-11,14H2,1-3H3,(H,25,30)/t18-/m1/s1. The highest BCUT2D eigenvalue weighted by Crippen LogP contribution is 2.27. The van der Waals surface area contributed by atoms with Crippen molar-refractivity contribution in [2.45, 2.75) is 26.8 Å². The van der Waals surface area contributed by atoms with Crippen LogP contribution in [-0.2, 0) is 23.2 Å². The summed E-state index contributed by atoms with van der Waals surface area (Å²) < 4.78 is 1.72. The Morgan fingerprint density at radius 1 is 1.23 bits per heavy atom. The molecule has 1 saturated heterocycles. The van der Waals surface area contributed by atoms with E-state index in [1.54, 1.807) is 22.0 Å². The topological polar surface area (TPSA) is 80.1 Å². The van der Waals surface area contributed by atoms with E-state index in [0.717, 1.165) is 28.1 Å². The molecule has 30 heavy (non-hydrogen) atoms. The van der Waals surface area contributed by atoms with Crippen molar-refractivity contribution in [1.29, 1.82) is 0 Å². The van der Waals surface area contributed by atoms with Gasteiger partial charge < -0.3 is 10.2 Å². The number of aryl methyl sites for hydroxylation is 3. The molecule has 1 aliphatic heterocycles. The first-order valence-electron chi connectivity index (χ1n) is 10.0. The highest BCUT2D eigenvalue weighted by atomic mass is 16.2. The summed E-state index contributed by atoms with van der Waals surface area (Å²) in [5.41, 5.74) is 5.77. The Hall–Kier alpha value is -3.48. The van der Waals surface area contributed by atoms with Gasteiger partial charge in [-0.25, -0.2) is 0 Å². The average molecular weight is 403 g/mol. The second-order valence-corrected chi connectivity index (χ2v) is 7.81. The lowest BCUT2D eigenvalue weighted by Crippen LogP contribution is -2.32. The van der Waals surface area contributed by atoms with Crippen LogP contribution in [-0.4, -0.2) is 33.1 Å². The van der Waals surface area contributed by atoms with Gasteiger partial charge in [-0.1, -0.05) is 12.1 Å². The van der Waals surface area contributed by atoms with Crippen molar-refractivity contribution in [2.75, 3.05) is 11.4 Å². The monoisotopic (exact) mass is 403 g/mol. The fourth-order valence-electron chi connectivity index (χ4n) is 3.74. The number of carbonyl (C=O) groups excluding carboxylic acids is 2. The van der Waals surface area contributed by atoms with Crippen molar-refractivity contribution in [3.8, 4) is 11.3 Å². The van der Waals surface area contributed by atoms with Gasteiger partial charge in [-0.05, 0) is 48.7 Å². The molecule has 7 nitrogen and oxygen atoms in total. The van der Waals surface area contributed by atoms with E-state index in [9.17, 15) is 9.59 Å². The van der Waals surface area contributed by atoms with E-state index >= 15 is 0 Å². The van der Waals surface area contributed by atoms with Crippen molar-refractivity contribution in [3.63, 3.8) is 0 Å². The lowest BCUT2D eigenvalue weighted by molar-refractivity contribution is -0.126. The third kappa shape index (κ3) is 3.96. The SMILES string of the molecule is Cc1ccc(N2C[C@H](C(=O)NCc3cccnc3-c3cnn(C)c3)CC2=O)cc1C. The first-order valence-corrected chi connectivity index (χ1v) is 10.0. The number of nitrogens with zero attached hydrogens (tertiary/aromatic N) is 4. The Bertz CT molecular complexity index is 1100. The number of hydrogen-bond acceptors (Lipinski definition) is 4. The first kappa shape index (κ1) is 19.8. The Morgan fingerprint density at radius 3 is 2.80 bits per heavy atom. The maximum absolute atomic E-state index is 12.8. The van der Waals surface area contributed by atoms with E-state index in [2.05, 4.69) is 15.4 Å². The van der Waals surface area contributed by atoms with Crippen molar-refractivity contribution < 1.29 is 9.59 Å². The third-order valence-corrected chi connectivity index (χ3v) is 5.62. The molecule has 0 saturated carbocycles. The van der Waals surface area contributed by atoms with Crippen LogP contribution >= 0.6 is 0 Å². The number of amides is 2. The highest BCUT2D eigenvalue weighted by molar-refractivity contribution is 6.00. The summed E-state index contributed by atoms with van der Waals surface area (Å²) in [6, 6.07) is 9.74. The van der Waals surface area contributed by atoms with Gasteiger partial charge in [0, 0.05) is 50.2 Å². The Kier molecular flexibility index (Phi) is 5.35. The Morgan fingerprint density at radius 2 is 2.07 bits per heavy atom. The van der Waals surface area contributed by atoms with E-state index in [4.69, 9.17) is 0 Å². The van der Waals surface area contributed by atoms with E-state index < -0.39 is 0 Å². The van der Waals surface area contributed by atoms with Crippen molar-refractivity contribution in [3.05, 3.63) is 65.6 Å². The summed E-state index contributed by atoms with van der Waals surface area (Å²) in [5, 5.41) is 7.18. The molecule has 3 aromatic rings. The van der Waals surface area contributed by atoms with Gasteiger partial charge in [0.25, 0.3) is 0 Å². The van der Waals surface area contributed by atoms with Gasteiger partial charge in [-0.2, -0.15) is 5.10 Å². The van der Waals surface area contributed by atoms with Gasteiger partial charge in [-0.15, -0.1) is 0 Å². The molecule has 3 heterocycles. The average Bonchev–Trinajstić information content (AvgIpc) is 3.34. The second kappa shape index (κ2) is 8.10. The molecule has 1 atom stereocenters. The van der Waals surface area contributed by atoms with Crippen LogP contribution in [0, 0.1) is 19.8 Å². The summed E-state index contributed by atoms with van der Waals surface area (Å²) in [7, 11) is 1.85. The molecule has 1 fully saturated rings.